The van der Waals surface area contributed by atoms with E-state index in [2.05, 4.69) is 21.2 Å². The average Bonchev–Trinajstić information content (AvgIpc) is 2.79. The third-order valence-electron chi connectivity index (χ3n) is 5.11. The van der Waals surface area contributed by atoms with Gasteiger partial charge in [-0.1, -0.05) is 63.9 Å². The highest BCUT2D eigenvalue weighted by molar-refractivity contribution is 9.10. The number of urea groups is 1. The highest BCUT2D eigenvalue weighted by Gasteiger charge is 2.37. The number of ether oxygens (including phenoxy) is 1. The molecule has 0 spiro atoms. The Morgan fingerprint density at radius 3 is 2.48 bits per heavy atom. The second-order valence-electron chi connectivity index (χ2n) is 7.29. The van der Waals surface area contributed by atoms with Gasteiger partial charge in [0.25, 0.3) is 11.8 Å². The standard InChI is InChI=1S/C25H18BrClN2O4/c1-15-20(27)6-4-7-21(15)29-24(31)19(23(30)28-25(29)32)13-17-5-2-3-8-22(17)33-14-16-9-11-18(26)12-10-16/h2-13H,14H2,1H3,(H,28,30,32)/b19-13+. The lowest BCUT2D eigenvalue weighted by Crippen LogP contribution is -2.54. The van der Waals surface area contributed by atoms with Gasteiger partial charge in [-0.3, -0.25) is 14.9 Å². The van der Waals surface area contributed by atoms with Crippen LogP contribution in [-0.4, -0.2) is 17.8 Å². The maximum atomic E-state index is 13.2. The van der Waals surface area contributed by atoms with Crippen LogP contribution in [0.4, 0.5) is 10.5 Å². The molecule has 4 rings (SSSR count). The molecular weight excluding hydrogens is 508 g/mol. The molecule has 1 fully saturated rings. The number of nitrogens with one attached hydrogen (secondary N) is 1. The average molecular weight is 526 g/mol. The predicted octanol–water partition coefficient (Wildman–Crippen LogP) is 5.66. The Balaban J connectivity index is 1.66. The van der Waals surface area contributed by atoms with Crippen LogP contribution in [0.15, 0.2) is 76.8 Å². The number of halogens is 2. The molecule has 0 aliphatic carbocycles. The maximum Gasteiger partial charge on any atom is 0.335 e. The number of benzene rings is 3. The first kappa shape index (κ1) is 22.8. The molecule has 4 amide bonds. The zero-order chi connectivity index (χ0) is 23.5. The van der Waals surface area contributed by atoms with Crippen LogP contribution in [0.25, 0.3) is 6.08 Å². The van der Waals surface area contributed by atoms with Crippen LogP contribution < -0.4 is 15.0 Å². The van der Waals surface area contributed by atoms with Gasteiger partial charge in [0.15, 0.2) is 0 Å². The molecule has 0 unspecified atom stereocenters. The fraction of sp³-hybridized carbons (Fsp3) is 0.0800. The summed E-state index contributed by atoms with van der Waals surface area (Å²) in [5.41, 5.74) is 2.16. The quantitative estimate of drug-likeness (QED) is 0.345. The molecule has 1 aliphatic heterocycles. The van der Waals surface area contributed by atoms with Gasteiger partial charge >= 0.3 is 6.03 Å². The molecule has 33 heavy (non-hydrogen) atoms. The fourth-order valence-electron chi connectivity index (χ4n) is 3.34. The molecule has 6 nitrogen and oxygen atoms in total. The van der Waals surface area contributed by atoms with Gasteiger partial charge < -0.3 is 4.74 Å². The molecule has 0 radical (unpaired) electrons. The molecule has 1 aliphatic rings. The van der Waals surface area contributed by atoms with Gasteiger partial charge in [-0.05, 0) is 54.5 Å². The number of carbonyl (C=O) groups excluding carboxylic acids is 3. The van der Waals surface area contributed by atoms with Crippen LogP contribution in [0.3, 0.4) is 0 Å². The first-order valence-electron chi connectivity index (χ1n) is 9.98. The first-order chi connectivity index (χ1) is 15.8. The van der Waals surface area contributed by atoms with E-state index in [4.69, 9.17) is 16.3 Å². The van der Waals surface area contributed by atoms with Gasteiger partial charge in [0.1, 0.15) is 17.9 Å². The number of carbonyl (C=O) groups is 3. The van der Waals surface area contributed by atoms with Gasteiger partial charge in [-0.25, -0.2) is 9.69 Å². The Bertz CT molecular complexity index is 1290. The van der Waals surface area contributed by atoms with Crippen molar-refractivity contribution in [3.63, 3.8) is 0 Å². The van der Waals surface area contributed by atoms with Crippen LogP contribution in [-0.2, 0) is 16.2 Å². The summed E-state index contributed by atoms with van der Waals surface area (Å²) in [4.78, 5) is 39.2. The number of anilines is 1. The molecule has 0 aromatic heterocycles. The van der Waals surface area contributed by atoms with Crippen molar-refractivity contribution in [2.45, 2.75) is 13.5 Å². The predicted molar refractivity (Wildman–Crippen MR) is 130 cm³/mol. The number of amides is 4. The Hall–Kier alpha value is -3.42. The highest BCUT2D eigenvalue weighted by atomic mass is 79.9. The van der Waals surface area contributed by atoms with Crippen LogP contribution in [0.5, 0.6) is 5.75 Å². The van der Waals surface area contributed by atoms with Crippen molar-refractivity contribution in [2.75, 3.05) is 4.90 Å². The Morgan fingerprint density at radius 2 is 1.73 bits per heavy atom. The SMILES string of the molecule is Cc1c(Cl)cccc1N1C(=O)NC(=O)/C(=C\c2ccccc2OCc2ccc(Br)cc2)C1=O. The Labute approximate surface area is 203 Å². The van der Waals surface area contributed by atoms with Crippen molar-refractivity contribution < 1.29 is 19.1 Å². The Morgan fingerprint density at radius 1 is 1.00 bits per heavy atom. The van der Waals surface area contributed by atoms with Crippen molar-refractivity contribution in [3.05, 3.63) is 98.5 Å². The minimum atomic E-state index is -0.827. The molecule has 1 heterocycles. The van der Waals surface area contributed by atoms with Crippen molar-refractivity contribution in [1.29, 1.82) is 0 Å². The number of rotatable bonds is 5. The molecule has 0 saturated carbocycles. The molecule has 3 aromatic carbocycles. The third-order valence-corrected chi connectivity index (χ3v) is 6.05. The molecule has 3 aromatic rings. The number of barbiturate groups is 1. The van der Waals surface area contributed by atoms with Crippen molar-refractivity contribution >= 4 is 57.1 Å². The fourth-order valence-corrected chi connectivity index (χ4v) is 3.78. The van der Waals surface area contributed by atoms with E-state index in [1.54, 1.807) is 49.4 Å². The summed E-state index contributed by atoms with van der Waals surface area (Å²) in [5, 5.41) is 2.63. The van der Waals surface area contributed by atoms with Gasteiger partial charge in [-0.2, -0.15) is 0 Å². The van der Waals surface area contributed by atoms with E-state index in [0.717, 1.165) is 14.9 Å². The molecule has 166 valence electrons. The lowest BCUT2D eigenvalue weighted by atomic mass is 10.0. The topological polar surface area (TPSA) is 75.7 Å². The normalized spacial score (nSPS) is 15.1. The smallest absolute Gasteiger partial charge is 0.335 e. The van der Waals surface area contributed by atoms with E-state index in [0.29, 0.717) is 34.2 Å². The van der Waals surface area contributed by atoms with Crippen LogP contribution in [0.2, 0.25) is 5.02 Å². The van der Waals surface area contributed by atoms with Gasteiger partial charge in [0.05, 0.1) is 5.69 Å². The minimum Gasteiger partial charge on any atom is -0.488 e. The summed E-state index contributed by atoms with van der Waals surface area (Å²) in [7, 11) is 0. The number of hydrogen-bond donors (Lipinski definition) is 1. The lowest BCUT2D eigenvalue weighted by Gasteiger charge is -2.27. The van der Waals surface area contributed by atoms with E-state index in [9.17, 15) is 14.4 Å². The highest BCUT2D eigenvalue weighted by Crippen LogP contribution is 2.30. The van der Waals surface area contributed by atoms with Crippen LogP contribution >= 0.6 is 27.5 Å². The monoisotopic (exact) mass is 524 g/mol. The summed E-state index contributed by atoms with van der Waals surface area (Å²) in [6.07, 6.45) is 1.42. The Kier molecular flexibility index (Phi) is 6.62. The van der Waals surface area contributed by atoms with E-state index in [1.165, 1.54) is 6.08 Å². The summed E-state index contributed by atoms with van der Waals surface area (Å²) >= 11 is 9.57. The van der Waals surface area contributed by atoms with Crippen molar-refractivity contribution in [1.82, 2.24) is 5.32 Å². The van der Waals surface area contributed by atoms with E-state index >= 15 is 0 Å². The zero-order valence-electron chi connectivity index (χ0n) is 17.5. The number of hydrogen-bond acceptors (Lipinski definition) is 4. The lowest BCUT2D eigenvalue weighted by molar-refractivity contribution is -0.122. The summed E-state index contributed by atoms with van der Waals surface area (Å²) in [6, 6.07) is 18.8. The van der Waals surface area contributed by atoms with E-state index in [-0.39, 0.29) is 5.57 Å². The third kappa shape index (κ3) is 4.84. The molecule has 1 N–H and O–H groups in total. The van der Waals surface area contributed by atoms with E-state index < -0.39 is 17.8 Å². The first-order valence-corrected chi connectivity index (χ1v) is 11.1. The van der Waals surface area contributed by atoms with Crippen molar-refractivity contribution in [2.24, 2.45) is 0 Å². The van der Waals surface area contributed by atoms with E-state index in [1.807, 2.05) is 24.3 Å². The minimum absolute atomic E-state index is 0.186. The summed E-state index contributed by atoms with van der Waals surface area (Å²) in [5.74, 6) is -1.02. The largest absolute Gasteiger partial charge is 0.488 e. The molecule has 1 saturated heterocycles. The van der Waals surface area contributed by atoms with Gasteiger partial charge in [-0.15, -0.1) is 0 Å². The van der Waals surface area contributed by atoms with Crippen LogP contribution in [0, 0.1) is 6.92 Å². The number of imide groups is 2. The summed E-state index contributed by atoms with van der Waals surface area (Å²) in [6.45, 7) is 2.00. The maximum absolute atomic E-state index is 13.2. The van der Waals surface area contributed by atoms with Crippen LogP contribution in [0.1, 0.15) is 16.7 Å². The number of nitrogens with zero attached hydrogens (tertiary/aromatic N) is 1. The number of para-hydroxylation sites is 1. The molecule has 0 atom stereocenters. The second-order valence-corrected chi connectivity index (χ2v) is 8.62. The summed E-state index contributed by atoms with van der Waals surface area (Å²) < 4.78 is 6.91. The van der Waals surface area contributed by atoms with Gasteiger partial charge in [0.2, 0.25) is 0 Å². The molecule has 8 heteroatoms. The molecular formula is C25H18BrClN2O4. The second kappa shape index (κ2) is 9.60. The molecule has 0 bridgehead atoms. The zero-order valence-corrected chi connectivity index (χ0v) is 19.8. The van der Waals surface area contributed by atoms with Gasteiger partial charge in [0, 0.05) is 15.1 Å². The van der Waals surface area contributed by atoms with Crippen molar-refractivity contribution in [3.8, 4) is 5.75 Å².